The largest absolute Gasteiger partial charge is 0.456 e. The molecule has 2 unspecified atom stereocenters. The Morgan fingerprint density at radius 1 is 0.456 bits per heavy atom. The molecular weight excluding hydrogens is 717 g/mol. The maximum atomic E-state index is 6.58. The van der Waals surface area contributed by atoms with Gasteiger partial charge in [0.1, 0.15) is 11.2 Å². The highest BCUT2D eigenvalue weighted by Gasteiger charge is 2.31. The molecule has 3 N–H and O–H groups in total. The standard InChI is InChI=1S/C51H36N4OS/c1-3-14-31(15-4-1)49-52-50(32-16-5-2-6-17-32)54-51(53-49)38-22-12-27-45-46(38)37-21-11-20-34(48(37)57-45)33-28-29-43-39(30-33)47-42(25-13-26-44(47)56-43)55-40-23-9-7-18-35(40)36-19-8-10-24-41(36)55/h1-30,49-54H. The first-order valence-electron chi connectivity index (χ1n) is 19.5. The first kappa shape index (κ1) is 32.7. The second-order valence-corrected chi connectivity index (χ2v) is 16.0. The van der Waals surface area contributed by atoms with Crippen LogP contribution in [0.1, 0.15) is 35.2 Å². The van der Waals surface area contributed by atoms with Crippen molar-refractivity contribution >= 4 is 75.3 Å². The molecule has 0 bridgehead atoms. The third kappa shape index (κ3) is 5.19. The average molecular weight is 753 g/mol. The minimum atomic E-state index is -0.0975. The van der Waals surface area contributed by atoms with Gasteiger partial charge in [-0.3, -0.25) is 16.0 Å². The Morgan fingerprint density at radius 2 is 1.07 bits per heavy atom. The Balaban J connectivity index is 1.01. The number of hydrogen-bond donors (Lipinski definition) is 3. The highest BCUT2D eigenvalue weighted by Crippen LogP contribution is 2.45. The summed E-state index contributed by atoms with van der Waals surface area (Å²) in [5.41, 5.74) is 11.3. The summed E-state index contributed by atoms with van der Waals surface area (Å²) in [5, 5.41) is 18.9. The highest BCUT2D eigenvalue weighted by atomic mass is 32.1. The zero-order chi connectivity index (χ0) is 37.5. The summed E-state index contributed by atoms with van der Waals surface area (Å²) in [6.45, 7) is 0. The number of thiophene rings is 1. The second kappa shape index (κ2) is 13.0. The van der Waals surface area contributed by atoms with Crippen molar-refractivity contribution < 1.29 is 4.42 Å². The predicted octanol–water partition coefficient (Wildman–Crippen LogP) is 12.9. The molecule has 1 aliphatic heterocycles. The Labute approximate surface area is 332 Å². The second-order valence-electron chi connectivity index (χ2n) is 15.0. The van der Waals surface area contributed by atoms with E-state index in [1.807, 2.05) is 11.3 Å². The molecule has 272 valence electrons. The van der Waals surface area contributed by atoms with E-state index in [0.717, 1.165) is 27.6 Å². The van der Waals surface area contributed by atoms with Gasteiger partial charge in [0, 0.05) is 36.3 Å². The molecule has 0 saturated carbocycles. The molecule has 8 aromatic carbocycles. The van der Waals surface area contributed by atoms with Gasteiger partial charge in [-0.25, -0.2) is 0 Å². The molecule has 57 heavy (non-hydrogen) atoms. The van der Waals surface area contributed by atoms with Crippen LogP contribution in [0, 0.1) is 0 Å². The fraction of sp³-hybridized carbons (Fsp3) is 0.0588. The van der Waals surface area contributed by atoms with Crippen LogP contribution >= 0.6 is 11.3 Å². The third-order valence-corrected chi connectivity index (χ3v) is 12.9. The number of furan rings is 1. The lowest BCUT2D eigenvalue weighted by Crippen LogP contribution is -2.54. The van der Waals surface area contributed by atoms with E-state index in [4.69, 9.17) is 4.42 Å². The molecule has 6 heteroatoms. The van der Waals surface area contributed by atoms with Crippen molar-refractivity contribution in [2.24, 2.45) is 0 Å². The number of nitrogens with one attached hydrogen (secondary N) is 3. The Morgan fingerprint density at radius 3 is 1.79 bits per heavy atom. The van der Waals surface area contributed by atoms with Crippen LogP contribution < -0.4 is 16.0 Å². The molecule has 1 fully saturated rings. The number of hydrogen-bond acceptors (Lipinski definition) is 5. The lowest BCUT2D eigenvalue weighted by atomic mass is 9.97. The third-order valence-electron chi connectivity index (χ3n) is 11.7. The van der Waals surface area contributed by atoms with E-state index in [2.05, 4.69) is 203 Å². The molecule has 4 heterocycles. The van der Waals surface area contributed by atoms with Gasteiger partial charge in [-0.15, -0.1) is 11.3 Å². The van der Waals surface area contributed by atoms with Gasteiger partial charge in [-0.2, -0.15) is 0 Å². The molecule has 0 radical (unpaired) electrons. The average Bonchev–Trinajstić information content (AvgIpc) is 3.96. The van der Waals surface area contributed by atoms with Crippen LogP contribution in [0.25, 0.3) is 80.7 Å². The summed E-state index contributed by atoms with van der Waals surface area (Å²) >= 11 is 1.87. The smallest absolute Gasteiger partial charge is 0.137 e. The van der Waals surface area contributed by atoms with E-state index in [0.29, 0.717) is 0 Å². The maximum Gasteiger partial charge on any atom is 0.137 e. The van der Waals surface area contributed by atoms with Crippen LogP contribution in [-0.4, -0.2) is 4.57 Å². The van der Waals surface area contributed by atoms with Crippen LogP contribution in [0.5, 0.6) is 0 Å². The van der Waals surface area contributed by atoms with Gasteiger partial charge in [0.15, 0.2) is 0 Å². The Kier molecular flexibility index (Phi) is 7.46. The summed E-state index contributed by atoms with van der Waals surface area (Å²) in [7, 11) is 0. The monoisotopic (exact) mass is 752 g/mol. The first-order chi connectivity index (χ1) is 28.3. The SMILES string of the molecule is c1ccc(C2NC(c3ccccc3)NC(c3cccc4sc5c(-c6ccc7oc8cccc(-n9c%10ccccc%10c%10ccccc%109)c8c7c6)cccc5c34)N2)cc1. The molecule has 0 aliphatic carbocycles. The van der Waals surface area contributed by atoms with Crippen molar-refractivity contribution in [1.29, 1.82) is 0 Å². The number of rotatable bonds is 5. The minimum absolute atomic E-state index is 0.0395. The quantitative estimate of drug-likeness (QED) is 0.164. The molecule has 1 saturated heterocycles. The molecule has 5 nitrogen and oxygen atoms in total. The van der Waals surface area contributed by atoms with E-state index in [9.17, 15) is 0 Å². The zero-order valence-corrected chi connectivity index (χ0v) is 31.6. The highest BCUT2D eigenvalue weighted by molar-refractivity contribution is 7.26. The molecule has 0 spiro atoms. The number of benzene rings is 8. The van der Waals surface area contributed by atoms with Crippen molar-refractivity contribution in [3.05, 3.63) is 199 Å². The van der Waals surface area contributed by atoms with E-state index in [1.165, 1.54) is 69.8 Å². The molecule has 0 amide bonds. The Hall–Kier alpha value is -6.54. The Bertz CT molecular complexity index is 3210. The maximum absolute atomic E-state index is 6.58. The molecule has 12 rings (SSSR count). The molecule has 2 atom stereocenters. The van der Waals surface area contributed by atoms with Crippen molar-refractivity contribution in [1.82, 2.24) is 20.5 Å². The van der Waals surface area contributed by atoms with Gasteiger partial charge in [0.2, 0.25) is 0 Å². The molecule has 1 aliphatic rings. The van der Waals surface area contributed by atoms with E-state index >= 15 is 0 Å². The number of para-hydroxylation sites is 2. The van der Waals surface area contributed by atoms with Crippen molar-refractivity contribution in [2.75, 3.05) is 0 Å². The summed E-state index contributed by atoms with van der Waals surface area (Å²) in [5.74, 6) is 0. The molecule has 3 aromatic heterocycles. The van der Waals surface area contributed by atoms with Gasteiger partial charge in [-0.05, 0) is 70.3 Å². The lowest BCUT2D eigenvalue weighted by Gasteiger charge is -2.40. The van der Waals surface area contributed by atoms with Gasteiger partial charge >= 0.3 is 0 Å². The van der Waals surface area contributed by atoms with Crippen LogP contribution in [0.3, 0.4) is 0 Å². The number of aromatic nitrogens is 1. The van der Waals surface area contributed by atoms with Crippen molar-refractivity contribution in [3.8, 4) is 16.8 Å². The number of fused-ring (bicyclic) bond motifs is 9. The predicted molar refractivity (Wildman–Crippen MR) is 237 cm³/mol. The first-order valence-corrected chi connectivity index (χ1v) is 20.3. The van der Waals surface area contributed by atoms with Gasteiger partial charge < -0.3 is 8.98 Å². The van der Waals surface area contributed by atoms with Crippen LogP contribution in [0.4, 0.5) is 0 Å². The van der Waals surface area contributed by atoms with E-state index < -0.39 is 0 Å². The number of nitrogens with zero attached hydrogens (tertiary/aromatic N) is 1. The molecule has 11 aromatic rings. The van der Waals surface area contributed by atoms with Crippen molar-refractivity contribution in [3.63, 3.8) is 0 Å². The summed E-state index contributed by atoms with van der Waals surface area (Å²) in [6.07, 6.45) is -0.177. The van der Waals surface area contributed by atoms with Crippen LogP contribution in [0.15, 0.2) is 186 Å². The van der Waals surface area contributed by atoms with Gasteiger partial charge in [0.05, 0.1) is 40.6 Å². The summed E-state index contributed by atoms with van der Waals surface area (Å²) in [6, 6.07) is 65.4. The van der Waals surface area contributed by atoms with E-state index in [1.54, 1.807) is 0 Å². The lowest BCUT2D eigenvalue weighted by molar-refractivity contribution is 0.204. The van der Waals surface area contributed by atoms with E-state index in [-0.39, 0.29) is 18.5 Å². The van der Waals surface area contributed by atoms with Gasteiger partial charge in [-0.1, -0.05) is 140 Å². The van der Waals surface area contributed by atoms with Crippen molar-refractivity contribution in [2.45, 2.75) is 18.5 Å². The van der Waals surface area contributed by atoms with Gasteiger partial charge in [0.25, 0.3) is 0 Å². The fourth-order valence-corrected chi connectivity index (χ4v) is 10.5. The molecular formula is C51H36N4OS. The minimum Gasteiger partial charge on any atom is -0.456 e. The summed E-state index contributed by atoms with van der Waals surface area (Å²) in [4.78, 5) is 0. The topological polar surface area (TPSA) is 54.2 Å². The fourth-order valence-electron chi connectivity index (χ4n) is 9.19. The van der Waals surface area contributed by atoms with Crippen LogP contribution in [-0.2, 0) is 0 Å². The normalized spacial score (nSPS) is 17.4. The summed E-state index contributed by atoms with van der Waals surface area (Å²) < 4.78 is 11.5. The van der Waals surface area contributed by atoms with Crippen LogP contribution in [0.2, 0.25) is 0 Å². The zero-order valence-electron chi connectivity index (χ0n) is 30.8.